The van der Waals surface area contributed by atoms with Crippen LogP contribution in [0.5, 0.6) is 0 Å². The lowest BCUT2D eigenvalue weighted by Gasteiger charge is -2.36. The highest BCUT2D eigenvalue weighted by atomic mass is 16.6. The molecule has 34 heavy (non-hydrogen) atoms. The minimum atomic E-state index is -1.25. The molecule has 4 heterocycles. The first-order valence-electron chi connectivity index (χ1n) is 11.6. The Morgan fingerprint density at radius 1 is 1.15 bits per heavy atom. The Kier molecular flexibility index (Phi) is 4.29. The second-order valence-electron chi connectivity index (χ2n) is 9.60. The quantitative estimate of drug-likeness (QED) is 0.428. The maximum atomic E-state index is 14.0. The molecule has 0 aromatic heterocycles. The van der Waals surface area contributed by atoms with Gasteiger partial charge in [0.05, 0.1) is 22.4 Å². The second kappa shape index (κ2) is 6.96. The Hall–Kier alpha value is -3.59. The number of benzene rings is 2. The number of nitro benzene ring substituents is 1. The lowest BCUT2D eigenvalue weighted by molar-refractivity contribution is -0.385. The Morgan fingerprint density at radius 3 is 2.68 bits per heavy atom. The number of nitrogens with zero attached hydrogens (tertiary/aromatic N) is 3. The van der Waals surface area contributed by atoms with E-state index in [1.165, 1.54) is 6.07 Å². The summed E-state index contributed by atoms with van der Waals surface area (Å²) >= 11 is 0. The zero-order chi connectivity index (χ0) is 23.9. The largest absolute Gasteiger partial charge is 0.324 e. The number of rotatable bonds is 3. The molecular weight excluding hydrogens is 436 g/mol. The third-order valence-electron chi connectivity index (χ3n) is 8.11. The van der Waals surface area contributed by atoms with E-state index in [1.807, 2.05) is 25.1 Å². The van der Waals surface area contributed by atoms with Gasteiger partial charge in [-0.05, 0) is 50.4 Å². The van der Waals surface area contributed by atoms with Crippen LogP contribution in [0, 0.1) is 28.9 Å². The van der Waals surface area contributed by atoms with Gasteiger partial charge in [-0.2, -0.15) is 0 Å². The van der Waals surface area contributed by atoms with E-state index < -0.39 is 28.2 Å². The van der Waals surface area contributed by atoms with E-state index in [-0.39, 0.29) is 29.2 Å². The Balaban J connectivity index is 1.53. The number of imide groups is 1. The number of nitro groups is 1. The van der Waals surface area contributed by atoms with E-state index in [2.05, 4.69) is 10.2 Å². The van der Waals surface area contributed by atoms with Crippen LogP contribution in [0.1, 0.15) is 36.5 Å². The molecule has 2 aromatic carbocycles. The predicted octanol–water partition coefficient (Wildman–Crippen LogP) is 2.90. The highest BCUT2D eigenvalue weighted by molar-refractivity contribution is 6.26. The summed E-state index contributed by atoms with van der Waals surface area (Å²) in [4.78, 5) is 55.6. The maximum Gasteiger partial charge on any atom is 0.274 e. The number of hydrogen-bond acceptors (Lipinski definition) is 6. The molecule has 9 heteroatoms. The molecular formula is C25H24N4O5. The SMILES string of the molecule is CCc1ccc2c(c1)[C@]1(C(=O)N2)[C@H]2C(=O)N(c3ccc(C)c([N+](=O)[O-])c3)C(=O)[C@@H]2[C@H]2CCCN21. The predicted molar refractivity (Wildman–Crippen MR) is 123 cm³/mol. The first kappa shape index (κ1) is 21.0. The monoisotopic (exact) mass is 460 g/mol. The molecule has 0 saturated carbocycles. The van der Waals surface area contributed by atoms with Crippen molar-refractivity contribution in [2.45, 2.75) is 44.7 Å². The van der Waals surface area contributed by atoms with Gasteiger partial charge in [-0.25, -0.2) is 4.90 Å². The number of amides is 3. The molecule has 4 atom stereocenters. The third-order valence-corrected chi connectivity index (χ3v) is 8.11. The minimum absolute atomic E-state index is 0.149. The molecule has 3 amide bonds. The van der Waals surface area contributed by atoms with Crippen LogP contribution in [0.25, 0.3) is 0 Å². The molecule has 6 rings (SSSR count). The van der Waals surface area contributed by atoms with Gasteiger partial charge in [0.2, 0.25) is 17.7 Å². The van der Waals surface area contributed by atoms with Gasteiger partial charge >= 0.3 is 0 Å². The fourth-order valence-corrected chi connectivity index (χ4v) is 6.66. The van der Waals surface area contributed by atoms with Crippen molar-refractivity contribution in [3.05, 3.63) is 63.2 Å². The first-order chi connectivity index (χ1) is 16.3. The minimum Gasteiger partial charge on any atom is -0.324 e. The molecule has 4 aliphatic rings. The average Bonchev–Trinajstić information content (AvgIpc) is 3.52. The Bertz CT molecular complexity index is 1310. The van der Waals surface area contributed by atoms with Gasteiger partial charge in [-0.1, -0.05) is 25.1 Å². The zero-order valence-electron chi connectivity index (χ0n) is 18.9. The van der Waals surface area contributed by atoms with Crippen molar-refractivity contribution in [3.63, 3.8) is 0 Å². The van der Waals surface area contributed by atoms with Crippen LogP contribution in [0.4, 0.5) is 17.1 Å². The van der Waals surface area contributed by atoms with E-state index in [0.29, 0.717) is 17.8 Å². The Morgan fingerprint density at radius 2 is 1.94 bits per heavy atom. The molecule has 1 spiro atoms. The summed E-state index contributed by atoms with van der Waals surface area (Å²) in [6.07, 6.45) is 2.34. The van der Waals surface area contributed by atoms with Gasteiger partial charge in [-0.15, -0.1) is 0 Å². The molecule has 9 nitrogen and oxygen atoms in total. The van der Waals surface area contributed by atoms with Crippen molar-refractivity contribution >= 4 is 34.8 Å². The van der Waals surface area contributed by atoms with Gasteiger partial charge in [0.25, 0.3) is 5.69 Å². The van der Waals surface area contributed by atoms with Crippen molar-refractivity contribution in [1.29, 1.82) is 0 Å². The van der Waals surface area contributed by atoms with Crippen molar-refractivity contribution in [1.82, 2.24) is 4.90 Å². The van der Waals surface area contributed by atoms with E-state index >= 15 is 0 Å². The molecule has 0 aliphatic carbocycles. The van der Waals surface area contributed by atoms with Crippen LogP contribution in [0.15, 0.2) is 36.4 Å². The van der Waals surface area contributed by atoms with Crippen LogP contribution in [-0.4, -0.2) is 40.1 Å². The molecule has 0 radical (unpaired) electrons. The number of hydrogen-bond donors (Lipinski definition) is 1. The highest BCUT2D eigenvalue weighted by Gasteiger charge is 2.74. The number of fused-ring (bicyclic) bond motifs is 7. The summed E-state index contributed by atoms with van der Waals surface area (Å²) in [6, 6.07) is 9.99. The Labute approximate surface area is 195 Å². The lowest BCUT2D eigenvalue weighted by atomic mass is 9.75. The van der Waals surface area contributed by atoms with Crippen LogP contribution >= 0.6 is 0 Å². The fourth-order valence-electron chi connectivity index (χ4n) is 6.66. The second-order valence-corrected chi connectivity index (χ2v) is 9.60. The first-order valence-corrected chi connectivity index (χ1v) is 11.6. The molecule has 3 fully saturated rings. The molecule has 0 unspecified atom stereocenters. The average molecular weight is 460 g/mol. The molecule has 4 aliphatic heterocycles. The molecule has 2 aromatic rings. The van der Waals surface area contributed by atoms with Gasteiger partial charge in [0.15, 0.2) is 0 Å². The smallest absolute Gasteiger partial charge is 0.274 e. The van der Waals surface area contributed by atoms with Crippen molar-refractivity contribution in [2.75, 3.05) is 16.8 Å². The summed E-state index contributed by atoms with van der Waals surface area (Å²) in [5.74, 6) is -2.66. The van der Waals surface area contributed by atoms with Crippen molar-refractivity contribution in [2.24, 2.45) is 11.8 Å². The van der Waals surface area contributed by atoms with Crippen molar-refractivity contribution < 1.29 is 19.3 Å². The summed E-state index contributed by atoms with van der Waals surface area (Å²) in [6.45, 7) is 4.28. The van der Waals surface area contributed by atoms with Crippen LogP contribution in [-0.2, 0) is 26.3 Å². The van der Waals surface area contributed by atoms with Gasteiger partial charge in [0.1, 0.15) is 5.54 Å². The van der Waals surface area contributed by atoms with E-state index in [9.17, 15) is 24.5 Å². The molecule has 1 N–H and O–H groups in total. The van der Waals surface area contributed by atoms with E-state index in [4.69, 9.17) is 0 Å². The maximum absolute atomic E-state index is 14.0. The number of nitrogens with one attached hydrogen (secondary N) is 1. The van der Waals surface area contributed by atoms with Gasteiger partial charge in [-0.3, -0.25) is 29.4 Å². The van der Waals surface area contributed by atoms with Crippen LogP contribution in [0.2, 0.25) is 0 Å². The summed E-state index contributed by atoms with van der Waals surface area (Å²) in [7, 11) is 0. The van der Waals surface area contributed by atoms with Crippen molar-refractivity contribution in [3.8, 4) is 0 Å². The summed E-state index contributed by atoms with van der Waals surface area (Å²) in [5.41, 5.74) is 1.72. The molecule has 0 bridgehead atoms. The molecule has 3 saturated heterocycles. The standard InChI is InChI=1S/C25H24N4O5/c1-3-14-7-9-17-16(11-14)25(24(32)26-17)21-20(18-5-4-10-27(18)25)22(30)28(23(21)31)15-8-6-13(2)19(12-15)29(33)34/h6-9,11-12,18,20-21H,3-5,10H2,1-2H3,(H,26,32)/t18-,20-,21-,25-/m1/s1. The van der Waals surface area contributed by atoms with Crippen LogP contribution in [0.3, 0.4) is 0 Å². The van der Waals surface area contributed by atoms with Crippen LogP contribution < -0.4 is 10.2 Å². The van der Waals surface area contributed by atoms with E-state index in [1.54, 1.807) is 19.1 Å². The number of carbonyl (C=O) groups is 3. The molecule has 174 valence electrons. The highest BCUT2D eigenvalue weighted by Crippen LogP contribution is 2.60. The lowest BCUT2D eigenvalue weighted by Crippen LogP contribution is -2.54. The number of aryl methyl sites for hydroxylation is 2. The summed E-state index contributed by atoms with van der Waals surface area (Å²) < 4.78 is 0. The van der Waals surface area contributed by atoms with Gasteiger partial charge < -0.3 is 5.32 Å². The fraction of sp³-hybridized carbons (Fsp3) is 0.400. The number of carbonyl (C=O) groups excluding carboxylic acids is 3. The summed E-state index contributed by atoms with van der Waals surface area (Å²) in [5, 5.41) is 14.5. The topological polar surface area (TPSA) is 113 Å². The third kappa shape index (κ3) is 2.39. The zero-order valence-corrected chi connectivity index (χ0v) is 18.9. The normalized spacial score (nSPS) is 29.5. The van der Waals surface area contributed by atoms with Gasteiger partial charge in [0, 0.05) is 28.9 Å². The number of anilines is 2. The van der Waals surface area contributed by atoms with E-state index in [0.717, 1.165) is 35.3 Å².